The molecule has 0 aliphatic heterocycles. The molecule has 1 aliphatic rings. The third-order valence-corrected chi connectivity index (χ3v) is 3.87. The van der Waals surface area contributed by atoms with E-state index in [-0.39, 0.29) is 17.4 Å². The molecule has 1 unspecified atom stereocenters. The van der Waals surface area contributed by atoms with Crippen LogP contribution < -0.4 is 5.32 Å². The molecule has 5 heteroatoms. The van der Waals surface area contributed by atoms with Crippen molar-refractivity contribution in [2.45, 2.75) is 19.8 Å². The van der Waals surface area contributed by atoms with Gasteiger partial charge in [0.15, 0.2) is 0 Å². The number of hydrogen-bond donors (Lipinski definition) is 2. The van der Waals surface area contributed by atoms with E-state index in [0.29, 0.717) is 16.1 Å². The van der Waals surface area contributed by atoms with Gasteiger partial charge in [-0.2, -0.15) is 0 Å². The fraction of sp³-hybridized carbons (Fsp3) is 0.385. The lowest BCUT2D eigenvalue weighted by molar-refractivity contribution is -0.119. The van der Waals surface area contributed by atoms with E-state index in [1.807, 2.05) is 6.92 Å². The predicted molar refractivity (Wildman–Crippen MR) is 71.6 cm³/mol. The normalized spacial score (nSPS) is 16.1. The Kier molecular flexibility index (Phi) is 3.71. The lowest BCUT2D eigenvalue weighted by Gasteiger charge is -2.12. The van der Waals surface area contributed by atoms with Crippen LogP contribution in [-0.2, 0) is 4.79 Å². The van der Waals surface area contributed by atoms with E-state index in [2.05, 4.69) is 21.2 Å². The van der Waals surface area contributed by atoms with E-state index in [1.165, 1.54) is 12.1 Å². The summed E-state index contributed by atoms with van der Waals surface area (Å²) >= 11 is 3.27. The van der Waals surface area contributed by atoms with Gasteiger partial charge >= 0.3 is 5.97 Å². The van der Waals surface area contributed by atoms with Crippen LogP contribution in [0.4, 0.5) is 5.69 Å². The molecule has 0 radical (unpaired) electrons. The zero-order valence-corrected chi connectivity index (χ0v) is 11.5. The molecule has 1 aliphatic carbocycles. The highest BCUT2D eigenvalue weighted by atomic mass is 79.9. The van der Waals surface area contributed by atoms with Crippen LogP contribution in [0.1, 0.15) is 30.1 Å². The van der Waals surface area contributed by atoms with Gasteiger partial charge in [-0.3, -0.25) is 4.79 Å². The fourth-order valence-corrected chi connectivity index (χ4v) is 2.28. The number of anilines is 1. The number of halogens is 1. The smallest absolute Gasteiger partial charge is 0.335 e. The van der Waals surface area contributed by atoms with Crippen LogP contribution in [0.2, 0.25) is 0 Å². The molecule has 18 heavy (non-hydrogen) atoms. The molecule has 2 N–H and O–H groups in total. The van der Waals surface area contributed by atoms with E-state index < -0.39 is 5.97 Å². The Morgan fingerprint density at radius 3 is 2.61 bits per heavy atom. The number of hydrogen-bond acceptors (Lipinski definition) is 2. The van der Waals surface area contributed by atoms with Crippen LogP contribution in [-0.4, -0.2) is 17.0 Å². The highest BCUT2D eigenvalue weighted by Crippen LogP contribution is 2.37. The summed E-state index contributed by atoms with van der Waals surface area (Å²) in [5.41, 5.74) is 0.799. The topological polar surface area (TPSA) is 66.4 Å². The Hall–Kier alpha value is -1.36. The maximum atomic E-state index is 11.9. The number of carbonyl (C=O) groups is 2. The highest BCUT2D eigenvalue weighted by Gasteiger charge is 2.32. The SMILES string of the molecule is CC(C(=O)Nc1ccc(C(=O)O)cc1Br)C1CC1. The number of amides is 1. The van der Waals surface area contributed by atoms with Crippen molar-refractivity contribution >= 4 is 33.5 Å². The van der Waals surface area contributed by atoms with Crippen LogP contribution in [0.15, 0.2) is 22.7 Å². The molecule has 1 aromatic rings. The van der Waals surface area contributed by atoms with Crippen molar-refractivity contribution < 1.29 is 14.7 Å². The van der Waals surface area contributed by atoms with Crippen molar-refractivity contribution in [1.82, 2.24) is 0 Å². The van der Waals surface area contributed by atoms with Gasteiger partial charge in [-0.05, 0) is 52.9 Å². The first kappa shape index (κ1) is 13.1. The van der Waals surface area contributed by atoms with Gasteiger partial charge in [0.25, 0.3) is 0 Å². The second kappa shape index (κ2) is 5.10. The molecular weight excluding hydrogens is 298 g/mol. The summed E-state index contributed by atoms with van der Waals surface area (Å²) in [6.45, 7) is 1.92. The van der Waals surface area contributed by atoms with Crippen LogP contribution >= 0.6 is 15.9 Å². The average Bonchev–Trinajstić information content (AvgIpc) is 3.14. The minimum Gasteiger partial charge on any atom is -0.478 e. The monoisotopic (exact) mass is 311 g/mol. The standard InChI is InChI=1S/C13H14BrNO3/c1-7(8-2-3-8)12(16)15-11-5-4-9(13(17)18)6-10(11)14/h4-8H,2-3H2,1H3,(H,15,16)(H,17,18). The van der Waals surface area contributed by atoms with Crippen LogP contribution in [0, 0.1) is 11.8 Å². The van der Waals surface area contributed by atoms with E-state index in [9.17, 15) is 9.59 Å². The third-order valence-electron chi connectivity index (χ3n) is 3.22. The van der Waals surface area contributed by atoms with Crippen molar-refractivity contribution in [3.8, 4) is 0 Å². The van der Waals surface area contributed by atoms with E-state index in [4.69, 9.17) is 5.11 Å². The Bertz CT molecular complexity index is 497. The second-order valence-electron chi connectivity index (χ2n) is 4.62. The van der Waals surface area contributed by atoms with Crippen LogP contribution in [0.3, 0.4) is 0 Å². The van der Waals surface area contributed by atoms with Gasteiger partial charge in [0.1, 0.15) is 0 Å². The minimum absolute atomic E-state index is 0.0102. The molecule has 4 nitrogen and oxygen atoms in total. The molecule has 1 amide bonds. The maximum absolute atomic E-state index is 11.9. The molecule has 0 spiro atoms. The number of carboxylic acid groups (broad SMARTS) is 1. The first-order valence-electron chi connectivity index (χ1n) is 5.82. The average molecular weight is 312 g/mol. The largest absolute Gasteiger partial charge is 0.478 e. The number of aromatic carboxylic acids is 1. The third kappa shape index (κ3) is 2.90. The summed E-state index contributed by atoms with van der Waals surface area (Å²) in [7, 11) is 0. The van der Waals surface area contributed by atoms with Crippen molar-refractivity contribution in [2.75, 3.05) is 5.32 Å². The summed E-state index contributed by atoms with van der Waals surface area (Å²) in [6.07, 6.45) is 2.24. The summed E-state index contributed by atoms with van der Waals surface area (Å²) in [4.78, 5) is 22.7. The number of nitrogens with one attached hydrogen (secondary N) is 1. The van der Waals surface area contributed by atoms with Crippen molar-refractivity contribution in [3.63, 3.8) is 0 Å². The van der Waals surface area contributed by atoms with Gasteiger partial charge in [0, 0.05) is 10.4 Å². The van der Waals surface area contributed by atoms with Gasteiger partial charge in [-0.15, -0.1) is 0 Å². The van der Waals surface area contributed by atoms with E-state index in [0.717, 1.165) is 12.8 Å². The molecule has 0 heterocycles. The highest BCUT2D eigenvalue weighted by molar-refractivity contribution is 9.10. The molecule has 1 saturated carbocycles. The Morgan fingerprint density at radius 1 is 1.44 bits per heavy atom. The molecule has 96 valence electrons. The molecular formula is C13H14BrNO3. The summed E-state index contributed by atoms with van der Waals surface area (Å²) in [5.74, 6) is -0.487. The van der Waals surface area contributed by atoms with Gasteiger partial charge in [0.05, 0.1) is 11.3 Å². The predicted octanol–water partition coefficient (Wildman–Crippen LogP) is 3.13. The molecule has 1 atom stereocenters. The molecule has 0 saturated heterocycles. The first-order valence-corrected chi connectivity index (χ1v) is 6.62. The van der Waals surface area contributed by atoms with Crippen LogP contribution in [0.25, 0.3) is 0 Å². The fourth-order valence-electron chi connectivity index (χ4n) is 1.81. The van der Waals surface area contributed by atoms with Gasteiger partial charge in [-0.1, -0.05) is 6.92 Å². The quantitative estimate of drug-likeness (QED) is 0.897. The molecule has 0 bridgehead atoms. The number of rotatable bonds is 4. The van der Waals surface area contributed by atoms with Gasteiger partial charge in [-0.25, -0.2) is 4.79 Å². The second-order valence-corrected chi connectivity index (χ2v) is 5.47. The number of carboxylic acids is 1. The number of carbonyl (C=O) groups excluding carboxylic acids is 1. The Balaban J connectivity index is 2.09. The minimum atomic E-state index is -0.986. The van der Waals surface area contributed by atoms with Gasteiger partial charge < -0.3 is 10.4 Å². The Labute approximate surface area is 114 Å². The van der Waals surface area contributed by atoms with Crippen LogP contribution in [0.5, 0.6) is 0 Å². The van der Waals surface area contributed by atoms with Crippen molar-refractivity contribution in [3.05, 3.63) is 28.2 Å². The summed E-state index contributed by atoms with van der Waals surface area (Å²) < 4.78 is 0.582. The molecule has 0 aromatic heterocycles. The first-order chi connectivity index (χ1) is 8.49. The zero-order chi connectivity index (χ0) is 13.3. The van der Waals surface area contributed by atoms with E-state index in [1.54, 1.807) is 6.07 Å². The Morgan fingerprint density at radius 2 is 2.11 bits per heavy atom. The molecule has 1 fully saturated rings. The van der Waals surface area contributed by atoms with Crippen molar-refractivity contribution in [2.24, 2.45) is 11.8 Å². The maximum Gasteiger partial charge on any atom is 0.335 e. The zero-order valence-electron chi connectivity index (χ0n) is 9.94. The lowest BCUT2D eigenvalue weighted by atomic mass is 10.1. The molecule has 2 rings (SSSR count). The molecule has 1 aromatic carbocycles. The lowest BCUT2D eigenvalue weighted by Crippen LogP contribution is -2.22. The number of benzene rings is 1. The van der Waals surface area contributed by atoms with Gasteiger partial charge in [0.2, 0.25) is 5.91 Å². The van der Waals surface area contributed by atoms with Crippen molar-refractivity contribution in [1.29, 1.82) is 0 Å². The summed E-state index contributed by atoms with van der Waals surface area (Å²) in [6, 6.07) is 4.56. The van der Waals surface area contributed by atoms with E-state index >= 15 is 0 Å². The summed E-state index contributed by atoms with van der Waals surface area (Å²) in [5, 5.41) is 11.7.